The van der Waals surface area contributed by atoms with Gasteiger partial charge in [-0.2, -0.15) is 0 Å². The van der Waals surface area contributed by atoms with E-state index in [1.807, 2.05) is 20.8 Å². The minimum atomic E-state index is -0.247. The van der Waals surface area contributed by atoms with Gasteiger partial charge in [0.2, 0.25) is 0 Å². The van der Waals surface area contributed by atoms with Gasteiger partial charge < -0.3 is 0 Å². The molecule has 9 heavy (non-hydrogen) atoms. The molecule has 0 bridgehead atoms. The number of hydrogen-bond acceptors (Lipinski definition) is 2. The van der Waals surface area contributed by atoms with E-state index in [-0.39, 0.29) is 5.54 Å². The number of nitrogens with zero attached hydrogens (tertiary/aromatic N) is 2. The minimum Gasteiger partial charge on any atom is -0.232 e. The molecule has 0 aliphatic rings. The molecule has 3 nitrogen and oxygen atoms in total. The van der Waals surface area contributed by atoms with Crippen molar-refractivity contribution in [3.63, 3.8) is 0 Å². The van der Waals surface area contributed by atoms with Crippen LogP contribution < -0.4 is 0 Å². The van der Waals surface area contributed by atoms with Gasteiger partial charge in [0.25, 0.3) is 0 Å². The van der Waals surface area contributed by atoms with Gasteiger partial charge in [0.15, 0.2) is 0 Å². The lowest BCUT2D eigenvalue weighted by Gasteiger charge is -2.25. The molecule has 0 fully saturated rings. The van der Waals surface area contributed by atoms with Gasteiger partial charge >= 0.3 is 0 Å². The maximum absolute atomic E-state index is 9.99. The van der Waals surface area contributed by atoms with Gasteiger partial charge in [-0.05, 0) is 20.8 Å². The predicted molar refractivity (Wildman–Crippen MR) is 37.6 cm³/mol. The molecule has 0 radical (unpaired) electrons. The summed E-state index contributed by atoms with van der Waals surface area (Å²) in [6.45, 7) is 9.09. The molecule has 0 aromatic rings. The van der Waals surface area contributed by atoms with Crippen LogP contribution in [0.2, 0.25) is 0 Å². The topological polar surface area (TPSA) is 32.7 Å². The van der Waals surface area contributed by atoms with Gasteiger partial charge in [-0.3, -0.25) is 0 Å². The third-order valence-corrected chi connectivity index (χ3v) is 0.948. The first-order valence-corrected chi connectivity index (χ1v) is 2.77. The Morgan fingerprint density at radius 3 is 2.00 bits per heavy atom. The van der Waals surface area contributed by atoms with E-state index < -0.39 is 0 Å². The molecule has 0 atom stereocenters. The first kappa shape index (κ1) is 8.14. The van der Waals surface area contributed by atoms with E-state index in [4.69, 9.17) is 0 Å². The largest absolute Gasteiger partial charge is 0.232 e. The third-order valence-electron chi connectivity index (χ3n) is 0.948. The number of hydrogen-bond donors (Lipinski definition) is 0. The zero-order valence-corrected chi connectivity index (χ0v) is 6.09. The van der Waals surface area contributed by atoms with Crippen molar-refractivity contribution in [1.29, 1.82) is 0 Å². The van der Waals surface area contributed by atoms with Crippen LogP contribution in [0.4, 0.5) is 0 Å². The molecular formula is C6H12N2O. The summed E-state index contributed by atoms with van der Waals surface area (Å²) in [6, 6.07) is 0. The fourth-order valence-corrected chi connectivity index (χ4v) is 0.430. The summed E-state index contributed by atoms with van der Waals surface area (Å²) in [7, 11) is 0. The maximum Gasteiger partial charge on any atom is 0.0575 e. The highest BCUT2D eigenvalue weighted by Gasteiger charge is 2.17. The molecule has 0 amide bonds. The summed E-state index contributed by atoms with van der Waals surface area (Å²) in [5.41, 5.74) is -0.247. The Morgan fingerprint density at radius 2 is 2.00 bits per heavy atom. The summed E-state index contributed by atoms with van der Waals surface area (Å²) in [6.07, 6.45) is 1.41. The van der Waals surface area contributed by atoms with E-state index in [0.29, 0.717) is 0 Å². The average molecular weight is 128 g/mol. The highest BCUT2D eigenvalue weighted by Crippen LogP contribution is 2.12. The molecule has 3 heteroatoms. The smallest absolute Gasteiger partial charge is 0.0575 e. The zero-order chi connectivity index (χ0) is 7.49. The maximum atomic E-state index is 9.99. The Labute approximate surface area is 55.3 Å². The molecule has 0 spiro atoms. The van der Waals surface area contributed by atoms with Gasteiger partial charge in [-0.1, -0.05) is 6.58 Å². The molecule has 0 unspecified atom stereocenters. The Kier molecular flexibility index (Phi) is 2.37. The van der Waals surface area contributed by atoms with Gasteiger partial charge in [-0.15, -0.1) is 4.91 Å². The van der Waals surface area contributed by atoms with Crippen molar-refractivity contribution in [2.24, 2.45) is 5.29 Å². The first-order chi connectivity index (χ1) is 4.02. The molecule has 0 N–H and O–H groups in total. The van der Waals surface area contributed by atoms with E-state index in [0.717, 1.165) is 0 Å². The van der Waals surface area contributed by atoms with Crippen LogP contribution in [0, 0.1) is 4.91 Å². The van der Waals surface area contributed by atoms with Gasteiger partial charge in [0.1, 0.15) is 0 Å². The number of rotatable bonds is 2. The molecule has 0 saturated heterocycles. The van der Waals surface area contributed by atoms with Crippen LogP contribution in [0.5, 0.6) is 0 Å². The first-order valence-electron chi connectivity index (χ1n) is 2.77. The van der Waals surface area contributed by atoms with Crippen LogP contribution in [0.1, 0.15) is 20.8 Å². The van der Waals surface area contributed by atoms with Gasteiger partial charge in [0, 0.05) is 6.20 Å². The van der Waals surface area contributed by atoms with Crippen LogP contribution in [0.15, 0.2) is 18.1 Å². The SMILES string of the molecule is C=CN(N=O)C(C)(C)C. The molecule has 0 aromatic carbocycles. The normalized spacial score (nSPS) is 10.6. The fraction of sp³-hybridized carbons (Fsp3) is 0.667. The average Bonchev–Trinajstić information content (AvgIpc) is 1.65. The molecule has 0 rings (SSSR count). The second-order valence-electron chi connectivity index (χ2n) is 2.78. The highest BCUT2D eigenvalue weighted by molar-refractivity contribution is 4.80. The molecule has 0 aliphatic heterocycles. The van der Waals surface area contributed by atoms with E-state index in [1.165, 1.54) is 11.2 Å². The summed E-state index contributed by atoms with van der Waals surface area (Å²) < 4.78 is 0. The molecular weight excluding hydrogens is 116 g/mol. The predicted octanol–water partition coefficient (Wildman–Crippen LogP) is 1.91. The summed E-state index contributed by atoms with van der Waals surface area (Å²) >= 11 is 0. The lowest BCUT2D eigenvalue weighted by molar-refractivity contribution is 0.212. The van der Waals surface area contributed by atoms with E-state index >= 15 is 0 Å². The van der Waals surface area contributed by atoms with Gasteiger partial charge in [-0.25, -0.2) is 5.01 Å². The van der Waals surface area contributed by atoms with Crippen molar-refractivity contribution in [3.05, 3.63) is 17.7 Å². The monoisotopic (exact) mass is 128 g/mol. The summed E-state index contributed by atoms with van der Waals surface area (Å²) in [4.78, 5) is 9.99. The van der Waals surface area contributed by atoms with Gasteiger partial charge in [0.05, 0.1) is 10.8 Å². The molecule has 0 aliphatic carbocycles. The van der Waals surface area contributed by atoms with Crippen LogP contribution in [0.3, 0.4) is 0 Å². The minimum absolute atomic E-state index is 0.247. The Bertz CT molecular complexity index is 107. The van der Waals surface area contributed by atoms with Crippen molar-refractivity contribution in [2.75, 3.05) is 0 Å². The van der Waals surface area contributed by atoms with E-state index in [9.17, 15) is 4.91 Å². The Morgan fingerprint density at radius 1 is 1.56 bits per heavy atom. The molecule has 0 saturated carbocycles. The second-order valence-corrected chi connectivity index (χ2v) is 2.78. The summed E-state index contributed by atoms with van der Waals surface area (Å²) in [5, 5.41) is 4.01. The van der Waals surface area contributed by atoms with E-state index in [1.54, 1.807) is 0 Å². The Balaban J connectivity index is 4.11. The number of nitroso groups, excluding NO2 is 1. The van der Waals surface area contributed by atoms with E-state index in [2.05, 4.69) is 11.9 Å². The lowest BCUT2D eigenvalue weighted by atomic mass is 10.1. The van der Waals surface area contributed by atoms with Crippen LogP contribution in [-0.2, 0) is 0 Å². The molecule has 0 aromatic heterocycles. The Hall–Kier alpha value is -0.860. The van der Waals surface area contributed by atoms with Crippen molar-refractivity contribution in [2.45, 2.75) is 26.3 Å². The van der Waals surface area contributed by atoms with Crippen molar-refractivity contribution < 1.29 is 0 Å². The van der Waals surface area contributed by atoms with Crippen molar-refractivity contribution in [3.8, 4) is 0 Å². The molecule has 52 valence electrons. The summed E-state index contributed by atoms with van der Waals surface area (Å²) in [5.74, 6) is 0. The standard InChI is InChI=1S/C6H12N2O/c1-5-8(7-9)6(2,3)4/h5H,1H2,2-4H3. The molecule has 0 heterocycles. The van der Waals surface area contributed by atoms with Crippen LogP contribution in [-0.4, -0.2) is 10.5 Å². The van der Waals surface area contributed by atoms with Crippen molar-refractivity contribution >= 4 is 0 Å². The van der Waals surface area contributed by atoms with Crippen LogP contribution in [0.25, 0.3) is 0 Å². The second kappa shape index (κ2) is 2.62. The third kappa shape index (κ3) is 2.26. The zero-order valence-electron chi connectivity index (χ0n) is 6.09. The van der Waals surface area contributed by atoms with Crippen LogP contribution >= 0.6 is 0 Å². The van der Waals surface area contributed by atoms with Crippen molar-refractivity contribution in [1.82, 2.24) is 5.01 Å². The quantitative estimate of drug-likeness (QED) is 0.420. The highest BCUT2D eigenvalue weighted by atomic mass is 16.3. The lowest BCUT2D eigenvalue weighted by Crippen LogP contribution is -2.32. The fourth-order valence-electron chi connectivity index (χ4n) is 0.430.